The second kappa shape index (κ2) is 3.71. The van der Waals surface area contributed by atoms with Gasteiger partial charge in [-0.3, -0.25) is 9.78 Å². The van der Waals surface area contributed by atoms with E-state index in [1.165, 1.54) is 12.8 Å². The highest BCUT2D eigenvalue weighted by Gasteiger charge is 2.25. The molecule has 1 aliphatic rings. The van der Waals surface area contributed by atoms with E-state index in [0.717, 1.165) is 16.5 Å². The highest BCUT2D eigenvalue weighted by atomic mass is 16.1. The van der Waals surface area contributed by atoms with E-state index in [0.29, 0.717) is 12.3 Å². The maximum Gasteiger partial charge on any atom is 0.165 e. The van der Waals surface area contributed by atoms with Crippen LogP contribution in [0.25, 0.3) is 10.9 Å². The first kappa shape index (κ1) is 9.52. The van der Waals surface area contributed by atoms with E-state index in [9.17, 15) is 4.79 Å². The van der Waals surface area contributed by atoms with E-state index >= 15 is 0 Å². The predicted molar refractivity (Wildman–Crippen MR) is 63.4 cm³/mol. The first-order valence-corrected chi connectivity index (χ1v) is 5.71. The number of Topliss-reactive ketones (excluding diaryl/α,β-unsaturated/α-hetero) is 1. The molecule has 80 valence electrons. The minimum absolute atomic E-state index is 0.242. The Bertz CT molecular complexity index is 538. The molecule has 2 aromatic rings. The Balaban J connectivity index is 2.04. The van der Waals surface area contributed by atoms with Crippen molar-refractivity contribution in [2.75, 3.05) is 0 Å². The van der Waals surface area contributed by atoms with E-state index in [1.54, 1.807) is 6.20 Å². The molecular formula is C14H13NO. The Kier molecular flexibility index (Phi) is 2.21. The number of pyridine rings is 1. The predicted octanol–water partition coefficient (Wildman–Crippen LogP) is 3.22. The van der Waals surface area contributed by atoms with E-state index < -0.39 is 0 Å². The molecule has 0 N–H and O–H groups in total. The number of benzene rings is 1. The monoisotopic (exact) mass is 211 g/mol. The van der Waals surface area contributed by atoms with Gasteiger partial charge in [0.05, 0.1) is 5.52 Å². The van der Waals surface area contributed by atoms with Crippen molar-refractivity contribution in [2.45, 2.75) is 19.3 Å². The van der Waals surface area contributed by atoms with Crippen molar-refractivity contribution < 1.29 is 4.79 Å². The molecule has 1 fully saturated rings. The van der Waals surface area contributed by atoms with Crippen LogP contribution in [0.15, 0.2) is 36.5 Å². The van der Waals surface area contributed by atoms with Crippen molar-refractivity contribution in [3.05, 3.63) is 42.1 Å². The highest BCUT2D eigenvalue weighted by molar-refractivity contribution is 6.06. The standard InChI is InChI=1S/C14H13NO/c16-13(9-10-6-7-10)12-5-1-3-11-4-2-8-15-14(11)12/h1-5,8,10H,6-7,9H2. The van der Waals surface area contributed by atoms with Crippen molar-refractivity contribution in [3.8, 4) is 0 Å². The molecule has 0 aliphatic heterocycles. The minimum Gasteiger partial charge on any atom is -0.294 e. The van der Waals surface area contributed by atoms with Crippen LogP contribution in [-0.4, -0.2) is 10.8 Å². The van der Waals surface area contributed by atoms with E-state index in [4.69, 9.17) is 0 Å². The lowest BCUT2D eigenvalue weighted by Gasteiger charge is -2.03. The van der Waals surface area contributed by atoms with Crippen LogP contribution in [0.5, 0.6) is 0 Å². The molecule has 0 amide bonds. The Hall–Kier alpha value is -1.70. The fraction of sp³-hybridized carbons (Fsp3) is 0.286. The molecule has 0 atom stereocenters. The van der Waals surface area contributed by atoms with Gasteiger partial charge in [-0.25, -0.2) is 0 Å². The maximum atomic E-state index is 12.1. The molecule has 1 aromatic heterocycles. The van der Waals surface area contributed by atoms with Crippen molar-refractivity contribution in [2.24, 2.45) is 5.92 Å². The molecule has 3 rings (SSSR count). The number of carbonyl (C=O) groups is 1. The van der Waals surface area contributed by atoms with Crippen LogP contribution in [0.4, 0.5) is 0 Å². The number of para-hydroxylation sites is 1. The Morgan fingerprint density at radius 3 is 2.88 bits per heavy atom. The zero-order valence-corrected chi connectivity index (χ0v) is 9.02. The first-order chi connectivity index (χ1) is 7.84. The topological polar surface area (TPSA) is 30.0 Å². The number of fused-ring (bicyclic) bond motifs is 1. The largest absolute Gasteiger partial charge is 0.294 e. The second-order valence-corrected chi connectivity index (χ2v) is 4.45. The molecule has 2 nitrogen and oxygen atoms in total. The van der Waals surface area contributed by atoms with Gasteiger partial charge in [-0.1, -0.05) is 18.2 Å². The molecule has 0 spiro atoms. The number of nitrogens with zero attached hydrogens (tertiary/aromatic N) is 1. The number of ketones is 1. The summed E-state index contributed by atoms with van der Waals surface area (Å²) in [5, 5.41) is 1.05. The summed E-state index contributed by atoms with van der Waals surface area (Å²) in [5.41, 5.74) is 1.63. The summed E-state index contributed by atoms with van der Waals surface area (Å²) in [6.07, 6.45) is 4.86. The fourth-order valence-corrected chi connectivity index (χ4v) is 2.02. The minimum atomic E-state index is 0.242. The summed E-state index contributed by atoms with van der Waals surface area (Å²) in [7, 11) is 0. The lowest BCUT2D eigenvalue weighted by atomic mass is 10.0. The molecule has 2 heteroatoms. The maximum absolute atomic E-state index is 12.1. The number of aromatic nitrogens is 1. The Morgan fingerprint density at radius 1 is 1.25 bits per heavy atom. The summed E-state index contributed by atoms with van der Waals surface area (Å²) in [6, 6.07) is 9.72. The van der Waals surface area contributed by atoms with Crippen LogP contribution >= 0.6 is 0 Å². The highest BCUT2D eigenvalue weighted by Crippen LogP contribution is 2.34. The number of rotatable bonds is 3. The second-order valence-electron chi connectivity index (χ2n) is 4.45. The third-order valence-electron chi connectivity index (χ3n) is 3.10. The summed E-state index contributed by atoms with van der Waals surface area (Å²) in [5.74, 6) is 0.873. The molecule has 1 aliphatic carbocycles. The van der Waals surface area contributed by atoms with E-state index in [-0.39, 0.29) is 5.78 Å². The van der Waals surface area contributed by atoms with Gasteiger partial charge >= 0.3 is 0 Å². The van der Waals surface area contributed by atoms with Crippen LogP contribution in [0, 0.1) is 5.92 Å². The Labute approximate surface area is 94.3 Å². The van der Waals surface area contributed by atoms with Gasteiger partial charge < -0.3 is 0 Å². The van der Waals surface area contributed by atoms with Gasteiger partial charge in [0.15, 0.2) is 5.78 Å². The van der Waals surface area contributed by atoms with Gasteiger partial charge in [-0.05, 0) is 30.9 Å². The van der Waals surface area contributed by atoms with Crippen molar-refractivity contribution >= 4 is 16.7 Å². The lowest BCUT2D eigenvalue weighted by Crippen LogP contribution is -2.01. The van der Waals surface area contributed by atoms with Gasteiger partial charge in [0, 0.05) is 23.6 Å². The van der Waals surface area contributed by atoms with Gasteiger partial charge in [-0.15, -0.1) is 0 Å². The van der Waals surface area contributed by atoms with E-state index in [1.807, 2.05) is 30.3 Å². The van der Waals surface area contributed by atoms with Crippen LogP contribution in [0.2, 0.25) is 0 Å². The lowest BCUT2D eigenvalue weighted by molar-refractivity contribution is 0.0977. The average Bonchev–Trinajstić information content (AvgIpc) is 3.12. The zero-order chi connectivity index (χ0) is 11.0. The molecule has 0 saturated heterocycles. The van der Waals surface area contributed by atoms with Gasteiger partial charge in [0.25, 0.3) is 0 Å². The quantitative estimate of drug-likeness (QED) is 0.729. The van der Waals surface area contributed by atoms with Gasteiger partial charge in [0.1, 0.15) is 0 Å². The number of hydrogen-bond donors (Lipinski definition) is 0. The fourth-order valence-electron chi connectivity index (χ4n) is 2.02. The Morgan fingerprint density at radius 2 is 2.06 bits per heavy atom. The molecule has 16 heavy (non-hydrogen) atoms. The average molecular weight is 211 g/mol. The summed E-state index contributed by atoms with van der Waals surface area (Å²) in [4.78, 5) is 16.4. The molecule has 0 unspecified atom stereocenters. The molecule has 1 aromatic carbocycles. The van der Waals surface area contributed by atoms with Crippen molar-refractivity contribution in [1.29, 1.82) is 0 Å². The number of hydrogen-bond acceptors (Lipinski definition) is 2. The first-order valence-electron chi connectivity index (χ1n) is 5.71. The third kappa shape index (κ3) is 1.71. The summed E-state index contributed by atoms with van der Waals surface area (Å²) < 4.78 is 0. The summed E-state index contributed by atoms with van der Waals surface area (Å²) >= 11 is 0. The van der Waals surface area contributed by atoms with E-state index in [2.05, 4.69) is 4.98 Å². The molecule has 0 radical (unpaired) electrons. The smallest absolute Gasteiger partial charge is 0.165 e. The molecule has 1 heterocycles. The van der Waals surface area contributed by atoms with Gasteiger partial charge in [0.2, 0.25) is 0 Å². The normalized spacial score (nSPS) is 15.2. The SMILES string of the molecule is O=C(CC1CC1)c1cccc2cccnc12. The van der Waals surface area contributed by atoms with Crippen molar-refractivity contribution in [1.82, 2.24) is 4.98 Å². The van der Waals surface area contributed by atoms with Crippen LogP contribution in [0.1, 0.15) is 29.6 Å². The van der Waals surface area contributed by atoms with Crippen LogP contribution < -0.4 is 0 Å². The zero-order valence-electron chi connectivity index (χ0n) is 9.02. The molecular weight excluding hydrogens is 198 g/mol. The number of carbonyl (C=O) groups excluding carboxylic acids is 1. The third-order valence-corrected chi connectivity index (χ3v) is 3.10. The van der Waals surface area contributed by atoms with Crippen LogP contribution in [0.3, 0.4) is 0 Å². The molecule has 0 bridgehead atoms. The molecule has 1 saturated carbocycles. The van der Waals surface area contributed by atoms with Crippen molar-refractivity contribution in [3.63, 3.8) is 0 Å². The van der Waals surface area contributed by atoms with Gasteiger partial charge in [-0.2, -0.15) is 0 Å². The summed E-state index contributed by atoms with van der Waals surface area (Å²) in [6.45, 7) is 0. The van der Waals surface area contributed by atoms with Crippen LogP contribution in [-0.2, 0) is 0 Å².